The SMILES string of the molecule is CCOC(=O)CN(CC)c1ccc(Br)cc1. The van der Waals surface area contributed by atoms with E-state index in [2.05, 4.69) is 15.9 Å². The molecule has 0 atom stereocenters. The summed E-state index contributed by atoms with van der Waals surface area (Å²) in [6, 6.07) is 7.88. The van der Waals surface area contributed by atoms with Gasteiger partial charge in [-0.25, -0.2) is 0 Å². The molecule has 0 fully saturated rings. The zero-order valence-corrected chi connectivity index (χ0v) is 11.2. The van der Waals surface area contributed by atoms with Crippen LogP contribution in [0.4, 0.5) is 5.69 Å². The summed E-state index contributed by atoms with van der Waals surface area (Å²) < 4.78 is 5.96. The third kappa shape index (κ3) is 3.85. The number of carbonyl (C=O) groups excluding carboxylic acids is 1. The van der Waals surface area contributed by atoms with E-state index in [-0.39, 0.29) is 5.97 Å². The average Bonchev–Trinajstić information content (AvgIpc) is 2.27. The molecule has 0 unspecified atom stereocenters. The Morgan fingerprint density at radius 3 is 2.44 bits per heavy atom. The van der Waals surface area contributed by atoms with Crippen molar-refractivity contribution in [3.05, 3.63) is 28.7 Å². The number of hydrogen-bond acceptors (Lipinski definition) is 3. The molecule has 88 valence electrons. The van der Waals surface area contributed by atoms with Crippen molar-refractivity contribution >= 4 is 27.6 Å². The number of benzene rings is 1. The molecule has 0 heterocycles. The van der Waals surface area contributed by atoms with Crippen LogP contribution in [0.3, 0.4) is 0 Å². The first-order valence-electron chi connectivity index (χ1n) is 5.33. The molecule has 0 aliphatic heterocycles. The van der Waals surface area contributed by atoms with Crippen molar-refractivity contribution in [3.63, 3.8) is 0 Å². The Morgan fingerprint density at radius 1 is 1.31 bits per heavy atom. The smallest absolute Gasteiger partial charge is 0.325 e. The molecule has 0 saturated heterocycles. The predicted molar refractivity (Wildman–Crippen MR) is 68.7 cm³/mol. The second-order valence-corrected chi connectivity index (χ2v) is 4.21. The van der Waals surface area contributed by atoms with Crippen molar-refractivity contribution in [1.29, 1.82) is 0 Å². The van der Waals surface area contributed by atoms with Gasteiger partial charge in [0.1, 0.15) is 6.54 Å². The summed E-state index contributed by atoms with van der Waals surface area (Å²) in [7, 11) is 0. The fourth-order valence-electron chi connectivity index (χ4n) is 1.40. The van der Waals surface area contributed by atoms with Gasteiger partial charge in [-0.15, -0.1) is 0 Å². The van der Waals surface area contributed by atoms with Gasteiger partial charge in [0.2, 0.25) is 0 Å². The van der Waals surface area contributed by atoms with E-state index in [0.29, 0.717) is 13.2 Å². The third-order valence-corrected chi connectivity index (χ3v) is 2.73. The molecule has 1 aromatic rings. The minimum Gasteiger partial charge on any atom is -0.465 e. The number of hydrogen-bond donors (Lipinski definition) is 0. The highest BCUT2D eigenvalue weighted by Gasteiger charge is 2.10. The number of anilines is 1. The first-order valence-corrected chi connectivity index (χ1v) is 6.12. The number of ether oxygens (including phenoxy) is 1. The van der Waals surface area contributed by atoms with Gasteiger partial charge in [-0.2, -0.15) is 0 Å². The predicted octanol–water partition coefficient (Wildman–Crippen LogP) is 2.84. The van der Waals surface area contributed by atoms with Gasteiger partial charge in [0.25, 0.3) is 0 Å². The summed E-state index contributed by atoms with van der Waals surface area (Å²) in [5, 5.41) is 0. The lowest BCUT2D eigenvalue weighted by atomic mass is 10.3. The quantitative estimate of drug-likeness (QED) is 0.779. The Bertz CT molecular complexity index is 337. The van der Waals surface area contributed by atoms with Crippen molar-refractivity contribution in [2.45, 2.75) is 13.8 Å². The molecule has 16 heavy (non-hydrogen) atoms. The molecule has 0 amide bonds. The van der Waals surface area contributed by atoms with E-state index < -0.39 is 0 Å². The van der Waals surface area contributed by atoms with Gasteiger partial charge in [-0.3, -0.25) is 4.79 Å². The van der Waals surface area contributed by atoms with Crippen LogP contribution in [-0.4, -0.2) is 25.7 Å². The number of halogens is 1. The Kier molecular flexibility index (Phi) is 5.32. The third-order valence-electron chi connectivity index (χ3n) is 2.20. The second-order valence-electron chi connectivity index (χ2n) is 3.30. The second kappa shape index (κ2) is 6.53. The fraction of sp³-hybridized carbons (Fsp3) is 0.417. The van der Waals surface area contributed by atoms with Crippen molar-refractivity contribution in [1.82, 2.24) is 0 Å². The van der Waals surface area contributed by atoms with Gasteiger partial charge in [-0.05, 0) is 38.1 Å². The van der Waals surface area contributed by atoms with E-state index in [1.807, 2.05) is 43.0 Å². The van der Waals surface area contributed by atoms with Gasteiger partial charge in [0.05, 0.1) is 6.61 Å². The Morgan fingerprint density at radius 2 is 1.94 bits per heavy atom. The lowest BCUT2D eigenvalue weighted by Crippen LogP contribution is -2.30. The van der Waals surface area contributed by atoms with Crippen LogP contribution in [0.25, 0.3) is 0 Å². The molecule has 0 aliphatic rings. The molecule has 0 saturated carbocycles. The van der Waals surface area contributed by atoms with Crippen LogP contribution in [-0.2, 0) is 9.53 Å². The topological polar surface area (TPSA) is 29.5 Å². The first kappa shape index (κ1) is 13.0. The number of rotatable bonds is 5. The monoisotopic (exact) mass is 285 g/mol. The molecule has 1 rings (SSSR count). The largest absolute Gasteiger partial charge is 0.465 e. The van der Waals surface area contributed by atoms with Crippen LogP contribution >= 0.6 is 15.9 Å². The normalized spacial score (nSPS) is 9.94. The average molecular weight is 286 g/mol. The summed E-state index contributed by atoms with van der Waals surface area (Å²) in [5.41, 5.74) is 1.03. The maximum absolute atomic E-state index is 11.4. The molecule has 0 spiro atoms. The van der Waals surface area contributed by atoms with Crippen LogP contribution in [0.15, 0.2) is 28.7 Å². The molecule has 0 aromatic heterocycles. The Hall–Kier alpha value is -1.03. The summed E-state index contributed by atoms with van der Waals surface area (Å²) in [6.45, 7) is 5.33. The van der Waals surface area contributed by atoms with Gasteiger partial charge >= 0.3 is 5.97 Å². The standard InChI is InChI=1S/C12H16BrNO2/c1-3-14(9-12(15)16-4-2)11-7-5-10(13)6-8-11/h5-8H,3-4,9H2,1-2H3. The van der Waals surface area contributed by atoms with Gasteiger partial charge in [0, 0.05) is 16.7 Å². The number of carbonyl (C=O) groups is 1. The summed E-state index contributed by atoms with van der Waals surface area (Å²) in [6.07, 6.45) is 0. The Balaban J connectivity index is 2.67. The van der Waals surface area contributed by atoms with E-state index in [0.717, 1.165) is 16.7 Å². The lowest BCUT2D eigenvalue weighted by Gasteiger charge is -2.21. The summed E-state index contributed by atoms with van der Waals surface area (Å²) in [5.74, 6) is -0.188. The molecule has 3 nitrogen and oxygen atoms in total. The lowest BCUT2D eigenvalue weighted by molar-refractivity contribution is -0.141. The summed E-state index contributed by atoms with van der Waals surface area (Å²) >= 11 is 3.38. The van der Waals surface area contributed by atoms with Crippen LogP contribution in [0.2, 0.25) is 0 Å². The van der Waals surface area contributed by atoms with Gasteiger partial charge < -0.3 is 9.64 Å². The zero-order chi connectivity index (χ0) is 12.0. The van der Waals surface area contributed by atoms with E-state index >= 15 is 0 Å². The number of nitrogens with zero attached hydrogens (tertiary/aromatic N) is 1. The number of esters is 1. The molecular formula is C12H16BrNO2. The fourth-order valence-corrected chi connectivity index (χ4v) is 1.66. The minimum atomic E-state index is -0.188. The highest BCUT2D eigenvalue weighted by Crippen LogP contribution is 2.18. The molecular weight excluding hydrogens is 270 g/mol. The summed E-state index contributed by atoms with van der Waals surface area (Å²) in [4.78, 5) is 13.4. The van der Waals surface area contributed by atoms with E-state index in [1.165, 1.54) is 0 Å². The van der Waals surface area contributed by atoms with E-state index in [4.69, 9.17) is 4.74 Å². The van der Waals surface area contributed by atoms with Crippen molar-refractivity contribution in [3.8, 4) is 0 Å². The minimum absolute atomic E-state index is 0.188. The molecule has 1 aromatic carbocycles. The molecule has 0 radical (unpaired) electrons. The van der Waals surface area contributed by atoms with Crippen LogP contribution in [0, 0.1) is 0 Å². The van der Waals surface area contributed by atoms with Gasteiger partial charge in [0.15, 0.2) is 0 Å². The molecule has 0 N–H and O–H groups in total. The molecule has 4 heteroatoms. The van der Waals surface area contributed by atoms with Crippen molar-refractivity contribution in [2.75, 3.05) is 24.6 Å². The van der Waals surface area contributed by atoms with Crippen molar-refractivity contribution < 1.29 is 9.53 Å². The zero-order valence-electron chi connectivity index (χ0n) is 9.57. The highest BCUT2D eigenvalue weighted by molar-refractivity contribution is 9.10. The van der Waals surface area contributed by atoms with Crippen molar-refractivity contribution in [2.24, 2.45) is 0 Å². The maximum Gasteiger partial charge on any atom is 0.325 e. The molecule has 0 aliphatic carbocycles. The highest BCUT2D eigenvalue weighted by atomic mass is 79.9. The first-order chi connectivity index (χ1) is 7.67. The van der Waals surface area contributed by atoms with Crippen LogP contribution in [0.1, 0.15) is 13.8 Å². The van der Waals surface area contributed by atoms with Gasteiger partial charge in [-0.1, -0.05) is 15.9 Å². The van der Waals surface area contributed by atoms with Crippen LogP contribution < -0.4 is 4.90 Å². The Labute approximate surface area is 105 Å². The number of likely N-dealkylation sites (N-methyl/N-ethyl adjacent to an activating group) is 1. The van der Waals surface area contributed by atoms with E-state index in [9.17, 15) is 4.79 Å². The van der Waals surface area contributed by atoms with Crippen LogP contribution in [0.5, 0.6) is 0 Å². The van der Waals surface area contributed by atoms with E-state index in [1.54, 1.807) is 0 Å². The maximum atomic E-state index is 11.4. The molecule has 0 bridgehead atoms.